The van der Waals surface area contributed by atoms with Gasteiger partial charge < -0.3 is 15.3 Å². The van der Waals surface area contributed by atoms with Gasteiger partial charge in [-0.1, -0.05) is 0 Å². The van der Waals surface area contributed by atoms with E-state index in [2.05, 4.69) is 20.3 Å². The number of amides is 1. The minimum absolute atomic E-state index is 0.0826. The largest absolute Gasteiger partial charge is 0.417 e. The summed E-state index contributed by atoms with van der Waals surface area (Å²) in [7, 11) is 3.89. The van der Waals surface area contributed by atoms with Crippen molar-refractivity contribution in [1.29, 1.82) is 0 Å². The van der Waals surface area contributed by atoms with Crippen molar-refractivity contribution in [2.24, 2.45) is 5.92 Å². The molecule has 1 amide bonds. The van der Waals surface area contributed by atoms with Crippen molar-refractivity contribution in [1.82, 2.24) is 29.5 Å². The fraction of sp³-hybridized carbons (Fsp3) is 0.567. The van der Waals surface area contributed by atoms with Crippen LogP contribution in [0.4, 0.5) is 24.7 Å². The van der Waals surface area contributed by atoms with Crippen LogP contribution in [0.3, 0.4) is 0 Å². The number of aryl methyl sites for hydroxylation is 2. The molecular weight excluding hydrogens is 611 g/mol. The molecule has 7 rings (SSSR count). The first-order valence-electron chi connectivity index (χ1n) is 15.0. The Morgan fingerprint density at radius 2 is 1.87 bits per heavy atom. The van der Waals surface area contributed by atoms with E-state index in [-0.39, 0.29) is 48.3 Å². The molecule has 3 aromatic rings. The number of nitrogens with one attached hydrogen (secondary N) is 1. The average molecular weight is 646 g/mol. The molecular formula is C30H34F3N7O4S. The second-order valence-electron chi connectivity index (χ2n) is 13.1. The molecule has 1 spiro atoms. The normalized spacial score (nSPS) is 26.8. The van der Waals surface area contributed by atoms with Gasteiger partial charge in [0, 0.05) is 31.3 Å². The quantitative estimate of drug-likeness (QED) is 0.437. The zero-order valence-electron chi connectivity index (χ0n) is 25.2. The first-order chi connectivity index (χ1) is 21.2. The molecule has 1 atom stereocenters. The van der Waals surface area contributed by atoms with Crippen molar-refractivity contribution >= 4 is 44.7 Å². The first kappa shape index (κ1) is 30.3. The highest BCUT2D eigenvalue weighted by atomic mass is 32.1. The molecule has 1 saturated carbocycles. The third-order valence-electron chi connectivity index (χ3n) is 10.1. The molecule has 0 bridgehead atoms. The van der Waals surface area contributed by atoms with Crippen molar-refractivity contribution in [3.8, 4) is 0 Å². The third kappa shape index (κ3) is 4.69. The zero-order chi connectivity index (χ0) is 32.1. The van der Waals surface area contributed by atoms with Gasteiger partial charge in [-0.15, -0.1) is 11.3 Å². The Kier molecular flexibility index (Phi) is 6.93. The number of anilines is 2. The Balaban J connectivity index is 1.18. The van der Waals surface area contributed by atoms with Crippen molar-refractivity contribution in [3.05, 3.63) is 44.4 Å². The van der Waals surface area contributed by atoms with Crippen LogP contribution in [0.2, 0.25) is 0 Å². The van der Waals surface area contributed by atoms with Gasteiger partial charge in [0.15, 0.2) is 11.4 Å². The van der Waals surface area contributed by atoms with Gasteiger partial charge in [0.25, 0.3) is 5.56 Å². The third-order valence-corrected chi connectivity index (χ3v) is 11.3. The van der Waals surface area contributed by atoms with E-state index in [4.69, 9.17) is 0 Å². The Labute approximate surface area is 260 Å². The van der Waals surface area contributed by atoms with E-state index >= 15 is 0 Å². The molecule has 5 heterocycles. The number of carbonyl (C=O) groups is 2. The number of pyridine rings is 1. The fourth-order valence-corrected chi connectivity index (χ4v) is 8.72. The van der Waals surface area contributed by atoms with Crippen molar-refractivity contribution in [3.63, 3.8) is 0 Å². The average Bonchev–Trinajstić information content (AvgIpc) is 3.47. The Morgan fingerprint density at radius 3 is 2.53 bits per heavy atom. The molecule has 3 aromatic heterocycles. The number of aliphatic hydroxyl groups is 1. The van der Waals surface area contributed by atoms with Gasteiger partial charge in [-0.25, -0.2) is 20.0 Å². The van der Waals surface area contributed by atoms with Gasteiger partial charge in [-0.3, -0.25) is 19.0 Å². The second-order valence-corrected chi connectivity index (χ2v) is 14.2. The minimum atomic E-state index is -4.79. The van der Waals surface area contributed by atoms with Gasteiger partial charge in [0.2, 0.25) is 5.91 Å². The van der Waals surface area contributed by atoms with E-state index in [9.17, 15) is 32.7 Å². The lowest BCUT2D eigenvalue weighted by Crippen LogP contribution is -2.63. The van der Waals surface area contributed by atoms with Crippen LogP contribution in [0.25, 0.3) is 10.2 Å². The van der Waals surface area contributed by atoms with Crippen molar-refractivity contribution in [2.75, 3.05) is 32.7 Å². The highest BCUT2D eigenvalue weighted by Gasteiger charge is 2.59. The number of nitrogens with zero attached hydrogens (tertiary/aromatic N) is 6. The van der Waals surface area contributed by atoms with E-state index in [1.54, 1.807) is 13.0 Å². The second kappa shape index (κ2) is 10.3. The van der Waals surface area contributed by atoms with Gasteiger partial charge in [-0.05, 0) is 69.1 Å². The summed E-state index contributed by atoms with van der Waals surface area (Å²) >= 11 is 1.51. The zero-order valence-corrected chi connectivity index (χ0v) is 26.0. The number of rotatable bonds is 4. The number of hydrogen-bond acceptors (Lipinski definition) is 10. The lowest BCUT2D eigenvalue weighted by atomic mass is 9.72. The molecule has 0 aromatic carbocycles. The highest BCUT2D eigenvalue weighted by molar-refractivity contribution is 7.19. The molecule has 2 fully saturated rings. The number of fused-ring (bicyclic) bond motifs is 5. The summed E-state index contributed by atoms with van der Waals surface area (Å²) in [6.45, 7) is 2.86. The Morgan fingerprint density at radius 1 is 1.16 bits per heavy atom. The Bertz CT molecular complexity index is 1790. The molecule has 11 nitrogen and oxygen atoms in total. The number of alkyl halides is 3. The predicted molar refractivity (Wildman–Crippen MR) is 160 cm³/mol. The van der Waals surface area contributed by atoms with Gasteiger partial charge in [0.05, 0.1) is 30.0 Å². The minimum Gasteiger partial charge on any atom is -0.380 e. The number of hydrogen-bond donors (Lipinski definition) is 2. The Hall–Kier alpha value is -3.40. The van der Waals surface area contributed by atoms with E-state index in [1.807, 2.05) is 24.0 Å². The number of thiophene rings is 1. The van der Waals surface area contributed by atoms with Crippen LogP contribution in [-0.4, -0.2) is 85.5 Å². The lowest BCUT2D eigenvalue weighted by Gasteiger charge is -2.46. The number of aromatic nitrogens is 3. The summed E-state index contributed by atoms with van der Waals surface area (Å²) in [5, 5.41) is 18.3. The SMILES string of the molecule is Cc1cc(Nc2ncnc3sc4c(c23)CC[C@H](C(=O)N2CN(N(C)C)C2)C4)c(=O)n2c1C(=O)CC21CCC(O)(C(F)(F)F)CC1. The van der Waals surface area contributed by atoms with Crippen LogP contribution < -0.4 is 10.9 Å². The van der Waals surface area contributed by atoms with Crippen LogP contribution in [0.15, 0.2) is 17.2 Å². The predicted octanol–water partition coefficient (Wildman–Crippen LogP) is 3.69. The summed E-state index contributed by atoms with van der Waals surface area (Å²) in [6.07, 6.45) is -3.00. The fourth-order valence-electron chi connectivity index (χ4n) is 7.45. The molecule has 1 saturated heterocycles. The van der Waals surface area contributed by atoms with Crippen molar-refractivity contribution < 1.29 is 27.9 Å². The molecule has 0 unspecified atom stereocenters. The summed E-state index contributed by atoms with van der Waals surface area (Å²) in [6, 6.07) is 1.59. The number of carbonyl (C=O) groups excluding carboxylic acids is 2. The summed E-state index contributed by atoms with van der Waals surface area (Å²) < 4.78 is 42.1. The van der Waals surface area contributed by atoms with Crippen LogP contribution >= 0.6 is 11.3 Å². The van der Waals surface area contributed by atoms with Gasteiger partial charge in [0.1, 0.15) is 22.7 Å². The van der Waals surface area contributed by atoms with Crippen molar-refractivity contribution in [2.45, 2.75) is 75.6 Å². The lowest BCUT2D eigenvalue weighted by molar-refractivity contribution is -0.274. The monoisotopic (exact) mass is 645 g/mol. The van der Waals surface area contributed by atoms with Crippen LogP contribution in [0.1, 0.15) is 65.0 Å². The number of Topliss-reactive ketones (excluding diaryl/α,β-unsaturated/α-hetero) is 1. The standard InChI is InChI=1S/C30H34F3N7O4S/c1-16-10-19(27(43)40-23(16)20(41)12-28(40)6-8-29(44,9-7-28)30(31,32)33)36-24-22-18-5-4-17(11-21(18)45-25(22)35-13-34-24)26(42)38-14-39(15-38)37(2)3/h10,13,17,44H,4-9,11-12,14-15H2,1-3H3,(H,34,35,36)/t17-,28?,29?/m0/s1. The van der Waals surface area contributed by atoms with Gasteiger partial charge >= 0.3 is 6.18 Å². The molecule has 0 radical (unpaired) electrons. The molecule has 2 N–H and O–H groups in total. The maximum Gasteiger partial charge on any atom is 0.417 e. The molecule has 45 heavy (non-hydrogen) atoms. The summed E-state index contributed by atoms with van der Waals surface area (Å²) in [5.41, 5.74) is -2.54. The topological polar surface area (TPSA) is 124 Å². The van der Waals surface area contributed by atoms with Gasteiger partial charge in [-0.2, -0.15) is 13.2 Å². The number of hydrazine groups is 1. The van der Waals surface area contributed by atoms with Crippen LogP contribution in [0, 0.1) is 12.8 Å². The van der Waals surface area contributed by atoms with E-state index in [0.29, 0.717) is 44.0 Å². The molecule has 2 aliphatic heterocycles. The summed E-state index contributed by atoms with van der Waals surface area (Å²) in [5.74, 6) is 0.156. The number of halogens is 3. The number of ketones is 1. The maximum atomic E-state index is 14.0. The molecule has 2 aliphatic carbocycles. The van der Waals surface area contributed by atoms with Crippen LogP contribution in [-0.2, 0) is 23.2 Å². The summed E-state index contributed by atoms with van der Waals surface area (Å²) in [4.78, 5) is 52.9. The first-order valence-corrected chi connectivity index (χ1v) is 15.9. The van der Waals surface area contributed by atoms with E-state index in [1.165, 1.54) is 22.2 Å². The highest BCUT2D eigenvalue weighted by Crippen LogP contribution is 2.51. The molecule has 4 aliphatic rings. The van der Waals surface area contributed by atoms with E-state index < -0.39 is 35.7 Å². The molecule has 15 heteroatoms. The van der Waals surface area contributed by atoms with E-state index in [0.717, 1.165) is 20.7 Å². The maximum absolute atomic E-state index is 14.0. The smallest absolute Gasteiger partial charge is 0.380 e. The molecule has 240 valence electrons. The van der Waals surface area contributed by atoms with Crippen LogP contribution in [0.5, 0.6) is 0 Å².